The van der Waals surface area contributed by atoms with Crippen LogP contribution in [0.25, 0.3) is 0 Å². The molecule has 4 N–H and O–H groups in total. The summed E-state index contributed by atoms with van der Waals surface area (Å²) in [5.74, 6) is -1.98. The first-order chi connectivity index (χ1) is 9.04. The Labute approximate surface area is 118 Å². The number of aliphatic carboxylic acids is 2. The van der Waals surface area contributed by atoms with E-state index in [0.29, 0.717) is 18.1 Å². The summed E-state index contributed by atoms with van der Waals surface area (Å²) in [4.78, 5) is 19.1. The normalized spacial score (nSPS) is 22.8. The molecule has 2 unspecified atom stereocenters. The van der Waals surface area contributed by atoms with Gasteiger partial charge in [0, 0.05) is 12.2 Å². The van der Waals surface area contributed by atoms with Gasteiger partial charge < -0.3 is 20.4 Å². The van der Waals surface area contributed by atoms with Crippen LogP contribution in [0, 0.1) is 5.92 Å². The minimum Gasteiger partial charge on any atom is -0.478 e. The predicted octanol–water partition coefficient (Wildman–Crippen LogP) is 1.19. The lowest BCUT2D eigenvalue weighted by molar-refractivity contribution is -0.134. The third kappa shape index (κ3) is 7.70. The fourth-order valence-electron chi connectivity index (χ4n) is 1.87. The van der Waals surface area contributed by atoms with Gasteiger partial charge in [-0.15, -0.1) is 0 Å². The highest BCUT2D eigenvalue weighted by Crippen LogP contribution is 2.30. The molecule has 114 valence electrons. The molecule has 0 saturated heterocycles. The SMILES string of the molecule is CC1CC=C(C(C)(C)O)C(O)C1.O=C(O)C=CC(=O)O. The van der Waals surface area contributed by atoms with Crippen LogP contribution in [0.4, 0.5) is 0 Å². The van der Waals surface area contributed by atoms with Crippen molar-refractivity contribution < 1.29 is 30.0 Å². The quantitative estimate of drug-likeness (QED) is 0.457. The van der Waals surface area contributed by atoms with E-state index in [9.17, 15) is 19.8 Å². The van der Waals surface area contributed by atoms with Gasteiger partial charge in [-0.3, -0.25) is 0 Å². The molecular formula is C14H22O6. The fraction of sp³-hybridized carbons (Fsp3) is 0.571. The van der Waals surface area contributed by atoms with Crippen molar-refractivity contribution in [2.45, 2.75) is 45.3 Å². The molecule has 0 spiro atoms. The Balaban J connectivity index is 0.000000396. The van der Waals surface area contributed by atoms with E-state index in [4.69, 9.17) is 10.2 Å². The zero-order valence-electron chi connectivity index (χ0n) is 11.9. The molecule has 0 saturated carbocycles. The van der Waals surface area contributed by atoms with Crippen LogP contribution < -0.4 is 0 Å². The van der Waals surface area contributed by atoms with Crippen LogP contribution in [-0.2, 0) is 9.59 Å². The van der Waals surface area contributed by atoms with Crippen LogP contribution in [0.15, 0.2) is 23.8 Å². The Kier molecular flexibility index (Phi) is 7.17. The number of carboxylic acid groups (broad SMARTS) is 2. The van der Waals surface area contributed by atoms with Crippen LogP contribution in [0.1, 0.15) is 33.6 Å². The third-order valence-corrected chi connectivity index (χ3v) is 2.80. The van der Waals surface area contributed by atoms with Gasteiger partial charge in [0.15, 0.2) is 0 Å². The first-order valence-electron chi connectivity index (χ1n) is 6.29. The predicted molar refractivity (Wildman–Crippen MR) is 73.2 cm³/mol. The van der Waals surface area contributed by atoms with Crippen LogP contribution in [0.5, 0.6) is 0 Å². The smallest absolute Gasteiger partial charge is 0.328 e. The maximum atomic E-state index is 9.67. The molecule has 1 aliphatic carbocycles. The van der Waals surface area contributed by atoms with E-state index in [0.717, 1.165) is 18.4 Å². The van der Waals surface area contributed by atoms with Gasteiger partial charge >= 0.3 is 11.9 Å². The average molecular weight is 286 g/mol. The van der Waals surface area contributed by atoms with Gasteiger partial charge in [-0.2, -0.15) is 0 Å². The van der Waals surface area contributed by atoms with Crippen LogP contribution in [-0.4, -0.2) is 44.1 Å². The number of carboxylic acids is 2. The monoisotopic (exact) mass is 286 g/mol. The van der Waals surface area contributed by atoms with Gasteiger partial charge in [0.1, 0.15) is 0 Å². The van der Waals surface area contributed by atoms with E-state index < -0.39 is 23.6 Å². The Morgan fingerprint density at radius 3 is 2.00 bits per heavy atom. The van der Waals surface area contributed by atoms with Gasteiger partial charge in [0.2, 0.25) is 0 Å². The second kappa shape index (κ2) is 7.81. The van der Waals surface area contributed by atoms with E-state index >= 15 is 0 Å². The van der Waals surface area contributed by atoms with E-state index in [-0.39, 0.29) is 0 Å². The highest BCUT2D eigenvalue weighted by molar-refractivity contribution is 5.89. The van der Waals surface area contributed by atoms with Crippen LogP contribution >= 0.6 is 0 Å². The molecule has 0 aromatic heterocycles. The van der Waals surface area contributed by atoms with E-state index in [2.05, 4.69) is 6.92 Å². The van der Waals surface area contributed by atoms with Gasteiger partial charge in [-0.25, -0.2) is 9.59 Å². The number of hydrogen-bond acceptors (Lipinski definition) is 4. The molecule has 0 fully saturated rings. The molecule has 0 aromatic carbocycles. The second-order valence-electron chi connectivity index (χ2n) is 5.32. The van der Waals surface area contributed by atoms with Crippen molar-refractivity contribution in [2.24, 2.45) is 5.92 Å². The summed E-state index contributed by atoms with van der Waals surface area (Å²) in [7, 11) is 0. The minimum absolute atomic E-state index is 0.450. The van der Waals surface area contributed by atoms with E-state index in [1.54, 1.807) is 13.8 Å². The average Bonchev–Trinajstić information content (AvgIpc) is 2.25. The van der Waals surface area contributed by atoms with Crippen molar-refractivity contribution in [2.75, 3.05) is 0 Å². The molecule has 0 heterocycles. The molecule has 20 heavy (non-hydrogen) atoms. The Hall–Kier alpha value is -1.66. The molecule has 0 bridgehead atoms. The van der Waals surface area contributed by atoms with Crippen molar-refractivity contribution in [1.82, 2.24) is 0 Å². The second-order valence-corrected chi connectivity index (χ2v) is 5.32. The van der Waals surface area contributed by atoms with Gasteiger partial charge in [-0.05, 0) is 38.2 Å². The maximum Gasteiger partial charge on any atom is 0.328 e. The van der Waals surface area contributed by atoms with Crippen molar-refractivity contribution >= 4 is 11.9 Å². The standard InChI is InChI=1S/C10H18O2.C4H4O4/c1-7-4-5-8(9(11)6-7)10(2,3)12;5-3(6)1-2-4(7)8/h5,7,9,11-12H,4,6H2,1-3H3;1-2H,(H,5,6)(H,7,8). The molecule has 0 aliphatic heterocycles. The molecule has 1 rings (SSSR count). The Morgan fingerprint density at radius 2 is 1.70 bits per heavy atom. The lowest BCUT2D eigenvalue weighted by atomic mass is 9.82. The number of aliphatic hydroxyl groups excluding tert-OH is 1. The number of aliphatic hydroxyl groups is 2. The fourth-order valence-corrected chi connectivity index (χ4v) is 1.87. The molecule has 6 nitrogen and oxygen atoms in total. The number of carbonyl (C=O) groups is 2. The van der Waals surface area contributed by atoms with Crippen molar-refractivity contribution in [1.29, 1.82) is 0 Å². The highest BCUT2D eigenvalue weighted by atomic mass is 16.4. The van der Waals surface area contributed by atoms with Crippen LogP contribution in [0.3, 0.4) is 0 Å². The Morgan fingerprint density at radius 1 is 1.25 bits per heavy atom. The number of hydrogen-bond donors (Lipinski definition) is 4. The summed E-state index contributed by atoms with van der Waals surface area (Å²) >= 11 is 0. The number of allylic oxidation sites excluding steroid dienone is 1. The molecule has 0 amide bonds. The molecule has 0 aromatic rings. The lowest BCUT2D eigenvalue weighted by Crippen LogP contribution is -2.33. The Bertz CT molecular complexity index is 386. The zero-order chi connectivity index (χ0) is 15.9. The topological polar surface area (TPSA) is 115 Å². The zero-order valence-corrected chi connectivity index (χ0v) is 11.9. The van der Waals surface area contributed by atoms with Gasteiger partial charge in [0.05, 0.1) is 11.7 Å². The molecule has 1 aliphatic rings. The first kappa shape index (κ1) is 18.3. The summed E-state index contributed by atoms with van der Waals surface area (Å²) in [6.45, 7) is 5.55. The van der Waals surface area contributed by atoms with Crippen molar-refractivity contribution in [3.05, 3.63) is 23.8 Å². The molecule has 0 radical (unpaired) electrons. The van der Waals surface area contributed by atoms with Crippen molar-refractivity contribution in [3.63, 3.8) is 0 Å². The minimum atomic E-state index is -1.26. The summed E-state index contributed by atoms with van der Waals surface area (Å²) in [6.07, 6.45) is 4.38. The molecule has 2 atom stereocenters. The molecule has 6 heteroatoms. The van der Waals surface area contributed by atoms with Crippen LogP contribution in [0.2, 0.25) is 0 Å². The molecular weight excluding hydrogens is 264 g/mol. The van der Waals surface area contributed by atoms with E-state index in [1.165, 1.54) is 0 Å². The summed E-state index contributed by atoms with van der Waals surface area (Å²) in [6, 6.07) is 0. The van der Waals surface area contributed by atoms with Gasteiger partial charge in [0.25, 0.3) is 0 Å². The first-order valence-corrected chi connectivity index (χ1v) is 6.29. The summed E-state index contributed by atoms with van der Waals surface area (Å²) in [5.41, 5.74) is -0.0832. The summed E-state index contributed by atoms with van der Waals surface area (Å²) in [5, 5.41) is 34.9. The lowest BCUT2D eigenvalue weighted by Gasteiger charge is -2.31. The van der Waals surface area contributed by atoms with E-state index in [1.807, 2.05) is 6.08 Å². The number of rotatable bonds is 3. The largest absolute Gasteiger partial charge is 0.478 e. The summed E-state index contributed by atoms with van der Waals surface area (Å²) < 4.78 is 0. The van der Waals surface area contributed by atoms with Crippen molar-refractivity contribution in [3.8, 4) is 0 Å². The maximum absolute atomic E-state index is 9.67. The third-order valence-electron chi connectivity index (χ3n) is 2.80. The highest BCUT2D eigenvalue weighted by Gasteiger charge is 2.29. The van der Waals surface area contributed by atoms with Gasteiger partial charge in [-0.1, -0.05) is 13.0 Å².